The molecule has 7 heteroatoms. The summed E-state index contributed by atoms with van der Waals surface area (Å²) in [5.74, 6) is 0.678. The zero-order valence-electron chi connectivity index (χ0n) is 11.5. The van der Waals surface area contributed by atoms with Crippen molar-refractivity contribution in [2.75, 3.05) is 31.1 Å². The predicted molar refractivity (Wildman–Crippen MR) is 80.7 cm³/mol. The number of rotatable bonds is 4. The first kappa shape index (κ1) is 15.0. The molecular weight excluding hydrogens is 322 g/mol. The van der Waals surface area contributed by atoms with Gasteiger partial charge in [-0.25, -0.2) is 4.98 Å². The molecule has 0 saturated carbocycles. The Morgan fingerprint density at radius 1 is 1.50 bits per heavy atom. The largest absolute Gasteiger partial charge is 0.353 e. The molecule has 1 aromatic rings. The number of H-pyrrole nitrogens is 1. The standard InChI is InChI=1S/C13H18BrN5O/c1-2-3-10(8-15)18-4-6-19(7-5-18)12-11(14)13(20)17-9-16-12/h9-10H,2-7H2,1H3,(H,16,17,20). The number of hydrogen-bond donors (Lipinski definition) is 1. The van der Waals surface area contributed by atoms with Gasteiger partial charge in [0.1, 0.15) is 10.3 Å². The topological polar surface area (TPSA) is 76.0 Å². The molecule has 20 heavy (non-hydrogen) atoms. The first-order chi connectivity index (χ1) is 9.67. The van der Waals surface area contributed by atoms with E-state index in [1.165, 1.54) is 6.33 Å². The molecule has 1 aliphatic heterocycles. The van der Waals surface area contributed by atoms with Crippen LogP contribution in [-0.2, 0) is 0 Å². The summed E-state index contributed by atoms with van der Waals surface area (Å²) in [5, 5.41) is 9.20. The SMILES string of the molecule is CCCC(C#N)N1CCN(c2nc[nH]c(=O)c2Br)CC1. The van der Waals surface area contributed by atoms with Gasteiger partial charge < -0.3 is 9.88 Å². The Morgan fingerprint density at radius 3 is 2.80 bits per heavy atom. The zero-order valence-corrected chi connectivity index (χ0v) is 13.1. The molecule has 1 aliphatic rings. The molecule has 0 radical (unpaired) electrons. The number of piperazine rings is 1. The second-order valence-corrected chi connectivity index (χ2v) is 5.62. The number of hydrogen-bond acceptors (Lipinski definition) is 5. The summed E-state index contributed by atoms with van der Waals surface area (Å²) in [5.41, 5.74) is -0.168. The van der Waals surface area contributed by atoms with E-state index in [9.17, 15) is 10.1 Å². The Morgan fingerprint density at radius 2 is 2.20 bits per heavy atom. The number of halogens is 1. The van der Waals surface area contributed by atoms with Crippen LogP contribution in [0.1, 0.15) is 19.8 Å². The molecule has 2 rings (SSSR count). The minimum Gasteiger partial charge on any atom is -0.353 e. The van der Waals surface area contributed by atoms with Crippen molar-refractivity contribution in [1.82, 2.24) is 14.9 Å². The highest BCUT2D eigenvalue weighted by Crippen LogP contribution is 2.21. The van der Waals surface area contributed by atoms with Crippen LogP contribution in [0.4, 0.5) is 5.82 Å². The van der Waals surface area contributed by atoms with Crippen molar-refractivity contribution >= 4 is 21.7 Å². The van der Waals surface area contributed by atoms with Gasteiger partial charge in [0.15, 0.2) is 0 Å². The monoisotopic (exact) mass is 339 g/mol. The number of nitrogens with zero attached hydrogens (tertiary/aromatic N) is 4. The normalized spacial score (nSPS) is 17.8. The van der Waals surface area contributed by atoms with Crippen molar-refractivity contribution in [3.63, 3.8) is 0 Å². The molecule has 1 atom stereocenters. The second-order valence-electron chi connectivity index (χ2n) is 4.83. The summed E-state index contributed by atoms with van der Waals surface area (Å²) >= 11 is 3.28. The number of nitriles is 1. The fourth-order valence-electron chi connectivity index (χ4n) is 2.44. The fraction of sp³-hybridized carbons (Fsp3) is 0.615. The maximum Gasteiger partial charge on any atom is 0.267 e. The van der Waals surface area contributed by atoms with Gasteiger partial charge in [-0.2, -0.15) is 5.26 Å². The molecule has 0 aromatic carbocycles. The number of aromatic nitrogens is 2. The lowest BCUT2D eigenvalue weighted by atomic mass is 10.1. The smallest absolute Gasteiger partial charge is 0.267 e. The lowest BCUT2D eigenvalue weighted by molar-refractivity contribution is 0.211. The van der Waals surface area contributed by atoms with E-state index in [4.69, 9.17) is 0 Å². The predicted octanol–water partition coefficient (Wildman–Crippen LogP) is 1.35. The Kier molecular flexibility index (Phi) is 5.15. The van der Waals surface area contributed by atoms with E-state index in [1.807, 2.05) is 0 Å². The molecule has 1 saturated heterocycles. The molecule has 6 nitrogen and oxygen atoms in total. The van der Waals surface area contributed by atoms with E-state index in [0.717, 1.165) is 39.0 Å². The molecule has 1 fully saturated rings. The third-order valence-electron chi connectivity index (χ3n) is 3.54. The van der Waals surface area contributed by atoms with Gasteiger partial charge >= 0.3 is 0 Å². The first-order valence-electron chi connectivity index (χ1n) is 6.79. The van der Waals surface area contributed by atoms with Gasteiger partial charge in [-0.05, 0) is 22.4 Å². The van der Waals surface area contributed by atoms with Crippen molar-refractivity contribution in [1.29, 1.82) is 5.26 Å². The van der Waals surface area contributed by atoms with Gasteiger partial charge in [-0.15, -0.1) is 0 Å². The quantitative estimate of drug-likeness (QED) is 0.895. The lowest BCUT2D eigenvalue weighted by Crippen LogP contribution is -2.50. The van der Waals surface area contributed by atoms with Crippen molar-refractivity contribution in [3.05, 3.63) is 21.2 Å². The van der Waals surface area contributed by atoms with Crippen LogP contribution in [0.2, 0.25) is 0 Å². The molecule has 1 aromatic heterocycles. The summed E-state index contributed by atoms with van der Waals surface area (Å²) in [6.45, 7) is 5.28. The van der Waals surface area contributed by atoms with Crippen LogP contribution in [0, 0.1) is 11.3 Å². The maximum absolute atomic E-state index is 11.6. The van der Waals surface area contributed by atoms with Crippen molar-refractivity contribution < 1.29 is 0 Å². The van der Waals surface area contributed by atoms with Crippen molar-refractivity contribution in [2.24, 2.45) is 0 Å². The Hall–Kier alpha value is -1.39. The summed E-state index contributed by atoms with van der Waals surface area (Å²) in [6.07, 6.45) is 3.34. The molecular formula is C13H18BrN5O. The summed E-state index contributed by atoms with van der Waals surface area (Å²) < 4.78 is 0.471. The number of aromatic amines is 1. The van der Waals surface area contributed by atoms with Gasteiger partial charge in [-0.1, -0.05) is 13.3 Å². The van der Waals surface area contributed by atoms with Gasteiger partial charge in [-0.3, -0.25) is 9.69 Å². The van der Waals surface area contributed by atoms with Crippen LogP contribution in [0.15, 0.2) is 15.6 Å². The van der Waals surface area contributed by atoms with Crippen LogP contribution in [0.25, 0.3) is 0 Å². The third kappa shape index (κ3) is 3.19. The number of nitrogens with one attached hydrogen (secondary N) is 1. The fourth-order valence-corrected chi connectivity index (χ4v) is 2.91. The van der Waals surface area contributed by atoms with Crippen LogP contribution in [0.5, 0.6) is 0 Å². The van der Waals surface area contributed by atoms with E-state index in [-0.39, 0.29) is 11.6 Å². The van der Waals surface area contributed by atoms with Gasteiger partial charge in [0, 0.05) is 26.2 Å². The molecule has 1 N–H and O–H groups in total. The summed E-state index contributed by atoms with van der Waals surface area (Å²) in [7, 11) is 0. The van der Waals surface area contributed by atoms with Gasteiger partial charge in [0.05, 0.1) is 18.4 Å². The lowest BCUT2D eigenvalue weighted by Gasteiger charge is -2.37. The third-order valence-corrected chi connectivity index (χ3v) is 4.26. The average molecular weight is 340 g/mol. The molecule has 0 amide bonds. The van der Waals surface area contributed by atoms with Crippen molar-refractivity contribution in [3.8, 4) is 6.07 Å². The first-order valence-corrected chi connectivity index (χ1v) is 7.58. The molecule has 0 aliphatic carbocycles. The highest BCUT2D eigenvalue weighted by atomic mass is 79.9. The molecule has 0 bridgehead atoms. The summed E-state index contributed by atoms with van der Waals surface area (Å²) in [6, 6.07) is 2.37. The Balaban J connectivity index is 2.03. The van der Waals surface area contributed by atoms with E-state index in [0.29, 0.717) is 10.3 Å². The van der Waals surface area contributed by atoms with Crippen LogP contribution >= 0.6 is 15.9 Å². The van der Waals surface area contributed by atoms with Gasteiger partial charge in [0.2, 0.25) is 0 Å². The van der Waals surface area contributed by atoms with Crippen LogP contribution < -0.4 is 10.5 Å². The maximum atomic E-state index is 11.6. The molecule has 2 heterocycles. The van der Waals surface area contributed by atoms with Crippen LogP contribution in [0.3, 0.4) is 0 Å². The van der Waals surface area contributed by atoms with E-state index in [2.05, 4.69) is 48.7 Å². The zero-order chi connectivity index (χ0) is 14.5. The Bertz CT molecular complexity index is 544. The van der Waals surface area contributed by atoms with E-state index >= 15 is 0 Å². The Labute approximate surface area is 126 Å². The van der Waals surface area contributed by atoms with E-state index < -0.39 is 0 Å². The minimum atomic E-state index is -0.168. The highest BCUT2D eigenvalue weighted by molar-refractivity contribution is 9.10. The van der Waals surface area contributed by atoms with Crippen molar-refractivity contribution in [2.45, 2.75) is 25.8 Å². The summed E-state index contributed by atoms with van der Waals surface area (Å²) in [4.78, 5) is 22.6. The second kappa shape index (κ2) is 6.86. The van der Waals surface area contributed by atoms with Crippen LogP contribution in [-0.4, -0.2) is 47.1 Å². The molecule has 108 valence electrons. The number of anilines is 1. The minimum absolute atomic E-state index is 0.00211. The highest BCUT2D eigenvalue weighted by Gasteiger charge is 2.25. The molecule has 0 spiro atoms. The van der Waals surface area contributed by atoms with E-state index in [1.54, 1.807) is 0 Å². The molecule has 1 unspecified atom stereocenters. The average Bonchev–Trinajstić information content (AvgIpc) is 2.48. The van der Waals surface area contributed by atoms with Gasteiger partial charge in [0.25, 0.3) is 5.56 Å².